The first kappa shape index (κ1) is 15.2. The van der Waals surface area contributed by atoms with Crippen molar-refractivity contribution in [3.8, 4) is 5.75 Å². The van der Waals surface area contributed by atoms with Crippen molar-refractivity contribution in [1.29, 1.82) is 0 Å². The first-order valence-corrected chi connectivity index (χ1v) is 7.01. The Labute approximate surface area is 123 Å². The van der Waals surface area contributed by atoms with Gasteiger partial charge in [0, 0.05) is 35.8 Å². The van der Waals surface area contributed by atoms with Crippen molar-refractivity contribution >= 4 is 16.6 Å². The molecule has 2 aromatic rings. The molecule has 0 spiro atoms. The summed E-state index contributed by atoms with van der Waals surface area (Å²) < 4.78 is 5.76. The second-order valence-corrected chi connectivity index (χ2v) is 4.82. The maximum Gasteiger partial charge on any atom is 0.270 e. The summed E-state index contributed by atoms with van der Waals surface area (Å²) >= 11 is 0. The number of ether oxygens (including phenoxy) is 1. The molecule has 21 heavy (non-hydrogen) atoms. The first-order valence-electron chi connectivity index (χ1n) is 7.01. The van der Waals surface area contributed by atoms with Gasteiger partial charge in [-0.05, 0) is 26.0 Å². The Hall–Kier alpha value is -2.21. The third kappa shape index (κ3) is 3.88. The normalized spacial score (nSPS) is 10.8. The fraction of sp³-hybridized carbons (Fsp3) is 0.400. The Morgan fingerprint density at radius 2 is 2.14 bits per heavy atom. The van der Waals surface area contributed by atoms with Crippen molar-refractivity contribution in [2.45, 2.75) is 20.3 Å². The highest BCUT2D eigenvalue weighted by atomic mass is 16.6. The van der Waals surface area contributed by atoms with Gasteiger partial charge in [0.05, 0.1) is 10.4 Å². The number of nitrogens with one attached hydrogen (secondary N) is 1. The van der Waals surface area contributed by atoms with Crippen molar-refractivity contribution in [3.05, 3.63) is 40.1 Å². The fourth-order valence-corrected chi connectivity index (χ4v) is 2.08. The maximum absolute atomic E-state index is 10.9. The second-order valence-electron chi connectivity index (χ2n) is 4.82. The van der Waals surface area contributed by atoms with Gasteiger partial charge in [-0.15, -0.1) is 0 Å². The standard InChI is InChI=1S/C15H19N3O3/c1-3-6-16-7-8-21-15-9-11(2)17-14-5-4-12(18(19)20)10-13(14)15/h4-5,9-10,16H,3,6-8H2,1-2H3. The number of fused-ring (bicyclic) bond motifs is 1. The number of pyridine rings is 1. The van der Waals surface area contributed by atoms with E-state index in [-0.39, 0.29) is 5.69 Å². The van der Waals surface area contributed by atoms with Gasteiger partial charge < -0.3 is 10.1 Å². The molecule has 0 fully saturated rings. The Kier molecular flexibility index (Phi) is 5.05. The number of nitro groups is 1. The van der Waals surface area contributed by atoms with Crippen LogP contribution in [0.2, 0.25) is 0 Å². The molecule has 0 saturated carbocycles. The summed E-state index contributed by atoms with van der Waals surface area (Å²) in [6.45, 7) is 6.19. The average molecular weight is 289 g/mol. The summed E-state index contributed by atoms with van der Waals surface area (Å²) in [5.74, 6) is 0.638. The zero-order chi connectivity index (χ0) is 15.2. The molecule has 0 aliphatic rings. The number of nitrogens with zero attached hydrogens (tertiary/aromatic N) is 2. The lowest BCUT2D eigenvalue weighted by Gasteiger charge is -2.10. The van der Waals surface area contributed by atoms with Gasteiger partial charge in [0.25, 0.3) is 5.69 Å². The van der Waals surface area contributed by atoms with Crippen molar-refractivity contribution < 1.29 is 9.66 Å². The number of rotatable bonds is 7. The summed E-state index contributed by atoms with van der Waals surface area (Å²) in [5, 5.41) is 14.8. The maximum atomic E-state index is 10.9. The van der Waals surface area contributed by atoms with E-state index in [1.54, 1.807) is 6.07 Å². The Morgan fingerprint density at radius 3 is 2.86 bits per heavy atom. The van der Waals surface area contributed by atoms with Crippen LogP contribution in [0.1, 0.15) is 19.0 Å². The molecule has 0 atom stereocenters. The molecule has 0 bridgehead atoms. The van der Waals surface area contributed by atoms with Crippen LogP contribution in [0.5, 0.6) is 5.75 Å². The molecule has 0 amide bonds. The summed E-state index contributed by atoms with van der Waals surface area (Å²) in [6.07, 6.45) is 1.07. The van der Waals surface area contributed by atoms with Crippen molar-refractivity contribution in [3.63, 3.8) is 0 Å². The Bertz CT molecular complexity index is 643. The molecule has 0 radical (unpaired) electrons. The van der Waals surface area contributed by atoms with Gasteiger partial charge in [0.1, 0.15) is 12.4 Å². The SMILES string of the molecule is CCCNCCOc1cc(C)nc2ccc([N+](=O)[O-])cc12. The van der Waals surface area contributed by atoms with Gasteiger partial charge in [-0.25, -0.2) is 0 Å². The van der Waals surface area contributed by atoms with E-state index < -0.39 is 4.92 Å². The highest BCUT2D eigenvalue weighted by molar-refractivity contribution is 5.87. The molecule has 1 N–H and O–H groups in total. The Balaban J connectivity index is 2.23. The van der Waals surface area contributed by atoms with Crippen LogP contribution >= 0.6 is 0 Å². The van der Waals surface area contributed by atoms with E-state index in [0.29, 0.717) is 23.3 Å². The lowest BCUT2D eigenvalue weighted by atomic mass is 10.1. The highest BCUT2D eigenvalue weighted by Crippen LogP contribution is 2.28. The first-order chi connectivity index (χ1) is 10.1. The van der Waals surface area contributed by atoms with E-state index in [1.807, 2.05) is 13.0 Å². The lowest BCUT2D eigenvalue weighted by molar-refractivity contribution is -0.384. The van der Waals surface area contributed by atoms with Gasteiger partial charge in [0.2, 0.25) is 0 Å². The van der Waals surface area contributed by atoms with E-state index in [1.165, 1.54) is 12.1 Å². The second kappa shape index (κ2) is 6.99. The number of aromatic nitrogens is 1. The summed E-state index contributed by atoms with van der Waals surface area (Å²) in [6, 6.07) is 6.44. The van der Waals surface area contributed by atoms with Crippen molar-refractivity contribution in [1.82, 2.24) is 10.3 Å². The van der Waals surface area contributed by atoms with Gasteiger partial charge >= 0.3 is 0 Å². The van der Waals surface area contributed by atoms with E-state index in [4.69, 9.17) is 4.74 Å². The minimum absolute atomic E-state index is 0.0436. The molecular weight excluding hydrogens is 270 g/mol. The molecule has 1 heterocycles. The van der Waals surface area contributed by atoms with Crippen molar-refractivity contribution in [2.24, 2.45) is 0 Å². The Morgan fingerprint density at radius 1 is 1.33 bits per heavy atom. The number of non-ortho nitro benzene ring substituents is 1. The summed E-state index contributed by atoms with van der Waals surface area (Å²) in [4.78, 5) is 14.9. The van der Waals surface area contributed by atoms with Crippen LogP contribution < -0.4 is 10.1 Å². The monoisotopic (exact) mass is 289 g/mol. The zero-order valence-electron chi connectivity index (χ0n) is 12.3. The molecule has 1 aromatic carbocycles. The lowest BCUT2D eigenvalue weighted by Crippen LogP contribution is -2.21. The molecule has 0 aliphatic heterocycles. The van der Waals surface area contributed by atoms with Crippen LogP contribution in [0.25, 0.3) is 10.9 Å². The van der Waals surface area contributed by atoms with Gasteiger partial charge in [-0.3, -0.25) is 15.1 Å². The van der Waals surface area contributed by atoms with Gasteiger partial charge in [0.15, 0.2) is 0 Å². The van der Waals surface area contributed by atoms with Crippen LogP contribution in [-0.4, -0.2) is 29.6 Å². The van der Waals surface area contributed by atoms with E-state index in [0.717, 1.165) is 25.2 Å². The minimum atomic E-state index is -0.411. The van der Waals surface area contributed by atoms with E-state index >= 15 is 0 Å². The molecule has 0 unspecified atom stereocenters. The van der Waals surface area contributed by atoms with Crippen LogP contribution in [0.3, 0.4) is 0 Å². The molecule has 112 valence electrons. The van der Waals surface area contributed by atoms with Crippen LogP contribution in [0.4, 0.5) is 5.69 Å². The molecule has 1 aromatic heterocycles. The number of nitro benzene ring substituents is 1. The van der Waals surface area contributed by atoms with Crippen LogP contribution in [-0.2, 0) is 0 Å². The summed E-state index contributed by atoms with van der Waals surface area (Å²) in [7, 11) is 0. The average Bonchev–Trinajstić information content (AvgIpc) is 2.46. The number of hydrogen-bond donors (Lipinski definition) is 1. The molecule has 6 heteroatoms. The van der Waals surface area contributed by atoms with Crippen LogP contribution in [0.15, 0.2) is 24.3 Å². The quantitative estimate of drug-likeness (QED) is 0.482. The van der Waals surface area contributed by atoms with E-state index in [2.05, 4.69) is 17.2 Å². The predicted octanol–water partition coefficient (Wildman–Crippen LogP) is 2.83. The van der Waals surface area contributed by atoms with Crippen molar-refractivity contribution in [2.75, 3.05) is 19.7 Å². The molecule has 6 nitrogen and oxygen atoms in total. The number of benzene rings is 1. The molecule has 2 rings (SSSR count). The fourth-order valence-electron chi connectivity index (χ4n) is 2.08. The number of hydrogen-bond acceptors (Lipinski definition) is 5. The molecule has 0 aliphatic carbocycles. The van der Waals surface area contributed by atoms with Gasteiger partial charge in [-0.1, -0.05) is 6.92 Å². The zero-order valence-corrected chi connectivity index (χ0v) is 12.3. The van der Waals surface area contributed by atoms with Crippen LogP contribution in [0, 0.1) is 17.0 Å². The molecular formula is C15H19N3O3. The number of aryl methyl sites for hydroxylation is 1. The predicted molar refractivity (Wildman–Crippen MR) is 81.8 cm³/mol. The third-order valence-electron chi connectivity index (χ3n) is 3.06. The highest BCUT2D eigenvalue weighted by Gasteiger charge is 2.11. The van der Waals surface area contributed by atoms with Gasteiger partial charge in [-0.2, -0.15) is 0 Å². The smallest absolute Gasteiger partial charge is 0.270 e. The minimum Gasteiger partial charge on any atom is -0.491 e. The van der Waals surface area contributed by atoms with E-state index in [9.17, 15) is 10.1 Å². The largest absolute Gasteiger partial charge is 0.491 e. The third-order valence-corrected chi connectivity index (χ3v) is 3.06. The molecule has 0 saturated heterocycles. The summed E-state index contributed by atoms with van der Waals surface area (Å²) in [5.41, 5.74) is 1.58. The topological polar surface area (TPSA) is 77.3 Å².